The second-order valence-electron chi connectivity index (χ2n) is 5.50. The highest BCUT2D eigenvalue weighted by Crippen LogP contribution is 2.20. The second-order valence-corrected chi connectivity index (χ2v) is 7.73. The van der Waals surface area contributed by atoms with Crippen LogP contribution in [0.4, 0.5) is 5.69 Å². The lowest BCUT2D eigenvalue weighted by Gasteiger charge is -2.26. The fraction of sp³-hybridized carbons (Fsp3) is 0.600. The first-order chi connectivity index (χ1) is 11.0. The SMILES string of the molecule is CCN(C(=O)c1cc(NCCOC)ccn1)C1CCS(=O)(=O)C1. The summed E-state index contributed by atoms with van der Waals surface area (Å²) in [7, 11) is -1.41. The van der Waals surface area contributed by atoms with Crippen molar-refractivity contribution in [3.8, 4) is 0 Å². The van der Waals surface area contributed by atoms with Gasteiger partial charge in [-0.25, -0.2) is 8.42 Å². The number of methoxy groups -OCH3 is 1. The zero-order chi connectivity index (χ0) is 16.9. The van der Waals surface area contributed by atoms with Crippen molar-refractivity contribution >= 4 is 21.4 Å². The summed E-state index contributed by atoms with van der Waals surface area (Å²) in [6.07, 6.45) is 2.06. The van der Waals surface area contributed by atoms with Crippen LogP contribution in [-0.4, -0.2) is 68.6 Å². The summed E-state index contributed by atoms with van der Waals surface area (Å²) < 4.78 is 28.3. The fourth-order valence-electron chi connectivity index (χ4n) is 2.69. The van der Waals surface area contributed by atoms with Crippen LogP contribution in [0.15, 0.2) is 18.3 Å². The standard InChI is InChI=1S/C15H23N3O4S/c1-3-18(13-5-9-23(20,21)11-13)15(19)14-10-12(4-6-17-14)16-7-8-22-2/h4,6,10,13H,3,5,7-9,11H2,1-2H3,(H,16,17). The summed E-state index contributed by atoms with van der Waals surface area (Å²) in [6, 6.07) is 3.21. The number of amides is 1. The molecule has 0 saturated carbocycles. The van der Waals surface area contributed by atoms with E-state index in [1.54, 1.807) is 30.3 Å². The number of sulfone groups is 1. The highest BCUT2D eigenvalue weighted by Gasteiger charge is 2.34. The van der Waals surface area contributed by atoms with Crippen LogP contribution in [0.3, 0.4) is 0 Å². The van der Waals surface area contributed by atoms with Crippen molar-refractivity contribution in [1.29, 1.82) is 0 Å². The van der Waals surface area contributed by atoms with Gasteiger partial charge in [0.05, 0.1) is 18.1 Å². The number of hydrogen-bond donors (Lipinski definition) is 1. The molecule has 7 nitrogen and oxygen atoms in total. The molecule has 1 unspecified atom stereocenters. The molecule has 1 aliphatic rings. The van der Waals surface area contributed by atoms with Gasteiger partial charge in [-0.2, -0.15) is 0 Å². The molecule has 0 spiro atoms. The van der Waals surface area contributed by atoms with Crippen LogP contribution in [-0.2, 0) is 14.6 Å². The first-order valence-corrected chi connectivity index (χ1v) is 9.49. The number of aromatic nitrogens is 1. The van der Waals surface area contributed by atoms with Gasteiger partial charge in [-0.05, 0) is 25.5 Å². The van der Waals surface area contributed by atoms with Gasteiger partial charge in [0.1, 0.15) is 5.69 Å². The number of ether oxygens (including phenoxy) is 1. The normalized spacial score (nSPS) is 19.5. The first-order valence-electron chi connectivity index (χ1n) is 7.67. The average molecular weight is 341 g/mol. The largest absolute Gasteiger partial charge is 0.383 e. The van der Waals surface area contributed by atoms with E-state index in [-0.39, 0.29) is 23.5 Å². The monoisotopic (exact) mass is 341 g/mol. The molecular weight excluding hydrogens is 318 g/mol. The van der Waals surface area contributed by atoms with Gasteiger partial charge in [-0.1, -0.05) is 0 Å². The smallest absolute Gasteiger partial charge is 0.272 e. The molecule has 1 atom stereocenters. The Morgan fingerprint density at radius 3 is 2.91 bits per heavy atom. The Hall–Kier alpha value is -1.67. The Kier molecular flexibility index (Phi) is 5.95. The lowest BCUT2D eigenvalue weighted by atomic mass is 10.2. The third-order valence-corrected chi connectivity index (χ3v) is 5.62. The Bertz CT molecular complexity index is 648. The van der Waals surface area contributed by atoms with E-state index in [0.717, 1.165) is 5.69 Å². The first kappa shape index (κ1) is 17.7. The molecule has 1 aromatic rings. The number of nitrogens with zero attached hydrogens (tertiary/aromatic N) is 2. The zero-order valence-electron chi connectivity index (χ0n) is 13.5. The minimum absolute atomic E-state index is 0.0400. The molecule has 0 aliphatic carbocycles. The van der Waals surface area contributed by atoms with Crippen molar-refractivity contribution in [3.05, 3.63) is 24.0 Å². The molecule has 1 aromatic heterocycles. The van der Waals surface area contributed by atoms with Crippen molar-refractivity contribution in [2.45, 2.75) is 19.4 Å². The molecule has 128 valence electrons. The summed E-state index contributed by atoms with van der Waals surface area (Å²) in [5.41, 5.74) is 1.11. The third-order valence-electron chi connectivity index (χ3n) is 3.87. The van der Waals surface area contributed by atoms with Gasteiger partial charge in [-0.3, -0.25) is 9.78 Å². The van der Waals surface area contributed by atoms with E-state index >= 15 is 0 Å². The van der Waals surface area contributed by atoms with Crippen LogP contribution >= 0.6 is 0 Å². The van der Waals surface area contributed by atoms with E-state index in [1.165, 1.54) is 0 Å². The number of hydrogen-bond acceptors (Lipinski definition) is 6. The molecular formula is C15H23N3O4S. The van der Waals surface area contributed by atoms with Crippen LogP contribution < -0.4 is 5.32 Å². The molecule has 23 heavy (non-hydrogen) atoms. The number of anilines is 1. The summed E-state index contributed by atoms with van der Waals surface area (Å²) in [4.78, 5) is 18.4. The molecule has 0 aromatic carbocycles. The topological polar surface area (TPSA) is 88.6 Å². The van der Waals surface area contributed by atoms with Crippen molar-refractivity contribution in [1.82, 2.24) is 9.88 Å². The molecule has 1 amide bonds. The Balaban J connectivity index is 2.10. The van der Waals surface area contributed by atoms with E-state index in [1.807, 2.05) is 6.92 Å². The number of nitrogens with one attached hydrogen (secondary N) is 1. The van der Waals surface area contributed by atoms with Gasteiger partial charge in [-0.15, -0.1) is 0 Å². The van der Waals surface area contributed by atoms with Gasteiger partial charge in [0, 0.05) is 38.1 Å². The lowest BCUT2D eigenvalue weighted by molar-refractivity contribution is 0.0702. The van der Waals surface area contributed by atoms with Crippen LogP contribution in [0.2, 0.25) is 0 Å². The van der Waals surface area contributed by atoms with E-state index in [4.69, 9.17) is 4.74 Å². The van der Waals surface area contributed by atoms with Gasteiger partial charge in [0.25, 0.3) is 5.91 Å². The minimum Gasteiger partial charge on any atom is -0.383 e. The maximum Gasteiger partial charge on any atom is 0.272 e. The molecule has 1 aliphatic heterocycles. The van der Waals surface area contributed by atoms with Gasteiger partial charge < -0.3 is 15.0 Å². The fourth-order valence-corrected chi connectivity index (χ4v) is 4.42. The molecule has 2 heterocycles. The maximum atomic E-state index is 12.7. The molecule has 1 saturated heterocycles. The Morgan fingerprint density at radius 2 is 2.30 bits per heavy atom. The predicted octanol–water partition coefficient (Wildman–Crippen LogP) is 0.789. The van der Waals surface area contributed by atoms with Crippen LogP contribution in [0.1, 0.15) is 23.8 Å². The van der Waals surface area contributed by atoms with Crippen molar-refractivity contribution < 1.29 is 17.9 Å². The second kappa shape index (κ2) is 7.74. The Labute approximate surface area is 137 Å². The molecule has 1 N–H and O–H groups in total. The average Bonchev–Trinajstić information content (AvgIpc) is 2.88. The van der Waals surface area contributed by atoms with Crippen LogP contribution in [0, 0.1) is 0 Å². The van der Waals surface area contributed by atoms with Gasteiger partial charge >= 0.3 is 0 Å². The van der Waals surface area contributed by atoms with E-state index in [9.17, 15) is 13.2 Å². The molecule has 0 radical (unpaired) electrons. The minimum atomic E-state index is -3.03. The lowest BCUT2D eigenvalue weighted by Crippen LogP contribution is -2.41. The van der Waals surface area contributed by atoms with Crippen LogP contribution in [0.5, 0.6) is 0 Å². The quantitative estimate of drug-likeness (QED) is 0.738. The van der Waals surface area contributed by atoms with E-state index in [2.05, 4.69) is 10.3 Å². The number of carbonyl (C=O) groups is 1. The number of pyridine rings is 1. The van der Waals surface area contributed by atoms with E-state index in [0.29, 0.717) is 31.8 Å². The third kappa shape index (κ3) is 4.65. The number of carbonyl (C=O) groups excluding carboxylic acids is 1. The van der Waals surface area contributed by atoms with Gasteiger partial charge in [0.15, 0.2) is 9.84 Å². The van der Waals surface area contributed by atoms with Crippen LogP contribution in [0.25, 0.3) is 0 Å². The maximum absolute atomic E-state index is 12.7. The number of rotatable bonds is 7. The highest BCUT2D eigenvalue weighted by molar-refractivity contribution is 7.91. The summed E-state index contributed by atoms with van der Waals surface area (Å²) in [5.74, 6) is -0.0451. The van der Waals surface area contributed by atoms with E-state index < -0.39 is 9.84 Å². The predicted molar refractivity (Wildman–Crippen MR) is 88.4 cm³/mol. The van der Waals surface area contributed by atoms with Crippen molar-refractivity contribution in [2.75, 3.05) is 43.6 Å². The summed E-state index contributed by atoms with van der Waals surface area (Å²) in [5, 5.41) is 3.15. The van der Waals surface area contributed by atoms with Crippen molar-refractivity contribution in [3.63, 3.8) is 0 Å². The zero-order valence-corrected chi connectivity index (χ0v) is 14.3. The van der Waals surface area contributed by atoms with Gasteiger partial charge in [0.2, 0.25) is 0 Å². The van der Waals surface area contributed by atoms with Crippen molar-refractivity contribution in [2.24, 2.45) is 0 Å². The molecule has 0 bridgehead atoms. The Morgan fingerprint density at radius 1 is 1.52 bits per heavy atom. The molecule has 1 fully saturated rings. The summed E-state index contributed by atoms with van der Waals surface area (Å²) in [6.45, 7) is 3.50. The molecule has 8 heteroatoms. The molecule has 2 rings (SSSR count). The summed E-state index contributed by atoms with van der Waals surface area (Å²) >= 11 is 0. The highest BCUT2D eigenvalue weighted by atomic mass is 32.2.